The summed E-state index contributed by atoms with van der Waals surface area (Å²) in [7, 11) is -1.00. The minimum absolute atomic E-state index is 0.000350. The van der Waals surface area contributed by atoms with E-state index in [9.17, 15) is 71.5 Å². The smallest absolute Gasteiger partial charge is 0.187 e. The summed E-state index contributed by atoms with van der Waals surface area (Å²) in [6.07, 6.45) is -27.5. The lowest BCUT2D eigenvalue weighted by molar-refractivity contribution is -0.367. The second-order valence-corrected chi connectivity index (χ2v) is 12.9. The molecule has 3 aliphatic heterocycles. The van der Waals surface area contributed by atoms with Crippen LogP contribution in [-0.2, 0) is 29.8 Å². The van der Waals surface area contributed by atoms with Crippen molar-refractivity contribution in [1.29, 1.82) is 0 Å². The molecule has 3 rings (SSSR count). The van der Waals surface area contributed by atoms with Crippen LogP contribution in [0, 0.1) is 0 Å². The lowest BCUT2D eigenvalue weighted by atomic mass is 9.96. The molecule has 248 valence electrons. The standard InChI is InChI=1S/C23H43O18S/c24-1-7(28)14(32)20(9(30)6-42-5-8(29)13(31)12(42)4-27)40-23-19(37)17(35)21(11(3-26)39-23)41-22-18(36)16(34)15(33)10(2-25)38-22/h7-37H,1-6H2/q+1/t7-,8+,9+,10+,11+,12+,13-,14+,15+,16-,17+,18+,19+,20+,21+,22+,23+,42?/m0/s1. The molecule has 0 aromatic rings. The van der Waals surface area contributed by atoms with E-state index in [0.29, 0.717) is 0 Å². The molecule has 0 aliphatic carbocycles. The van der Waals surface area contributed by atoms with Gasteiger partial charge in [-0.05, 0) is 0 Å². The van der Waals surface area contributed by atoms with Gasteiger partial charge in [0, 0.05) is 10.9 Å². The SMILES string of the molecule is OC[C@@H]1[C@@H](O)[C@H](O)C[S+]1C[C@@H](O)[C@@H](O[C@H]1O[C@H](CO)[C@@H](O[C@H]2O[C@H](CO)[C@@H](O)[C@H](O)[C@H]2O)[C@H](O)[C@H]1O)[C@H](O)[C@@H](O)CO. The summed E-state index contributed by atoms with van der Waals surface area (Å²) in [5.41, 5.74) is 0. The van der Waals surface area contributed by atoms with Gasteiger partial charge >= 0.3 is 0 Å². The van der Waals surface area contributed by atoms with E-state index >= 15 is 0 Å². The Morgan fingerprint density at radius 1 is 0.667 bits per heavy atom. The van der Waals surface area contributed by atoms with Crippen molar-refractivity contribution in [3.05, 3.63) is 0 Å². The predicted molar refractivity (Wildman–Crippen MR) is 136 cm³/mol. The van der Waals surface area contributed by atoms with Crippen molar-refractivity contribution in [2.45, 2.75) is 103 Å². The third-order valence-electron chi connectivity index (χ3n) is 7.70. The van der Waals surface area contributed by atoms with E-state index in [1.165, 1.54) is 0 Å². The first-order chi connectivity index (χ1) is 19.8. The zero-order chi connectivity index (χ0) is 31.5. The Hall–Kier alpha value is -0.370. The van der Waals surface area contributed by atoms with Crippen molar-refractivity contribution in [3.8, 4) is 0 Å². The highest BCUT2D eigenvalue weighted by molar-refractivity contribution is 7.97. The van der Waals surface area contributed by atoms with Crippen molar-refractivity contribution >= 4 is 10.9 Å². The van der Waals surface area contributed by atoms with E-state index in [4.69, 9.17) is 18.9 Å². The maximum absolute atomic E-state index is 11.0. The van der Waals surface area contributed by atoms with E-state index in [0.717, 1.165) is 0 Å². The van der Waals surface area contributed by atoms with E-state index in [1.54, 1.807) is 0 Å². The Bertz CT molecular complexity index is 811. The average Bonchev–Trinajstić information content (AvgIpc) is 3.25. The molecule has 0 aromatic heterocycles. The molecule has 3 saturated heterocycles. The molecule has 3 aliphatic rings. The van der Waals surface area contributed by atoms with Gasteiger partial charge in [-0.15, -0.1) is 0 Å². The Kier molecular flexibility index (Phi) is 13.5. The molecule has 19 heteroatoms. The molecule has 14 N–H and O–H groups in total. The van der Waals surface area contributed by atoms with Crippen LogP contribution in [0.25, 0.3) is 0 Å². The second-order valence-electron chi connectivity index (χ2n) is 10.6. The van der Waals surface area contributed by atoms with E-state index < -0.39 is 141 Å². The highest BCUT2D eigenvalue weighted by Crippen LogP contribution is 2.32. The molecule has 3 fully saturated rings. The van der Waals surface area contributed by atoms with Gasteiger partial charge in [0.1, 0.15) is 97.0 Å². The monoisotopic (exact) mass is 639 g/mol. The summed E-state index contributed by atoms with van der Waals surface area (Å²) < 4.78 is 21.8. The Morgan fingerprint density at radius 3 is 1.83 bits per heavy atom. The molecular weight excluding hydrogens is 596 g/mol. The predicted octanol–water partition coefficient (Wildman–Crippen LogP) is -9.21. The molecule has 0 amide bonds. The number of aliphatic hydroxyl groups is 14. The topological polar surface area (TPSA) is 320 Å². The maximum Gasteiger partial charge on any atom is 0.187 e. The fourth-order valence-corrected chi connectivity index (χ4v) is 7.84. The van der Waals surface area contributed by atoms with Gasteiger partial charge in [-0.1, -0.05) is 0 Å². The van der Waals surface area contributed by atoms with Crippen LogP contribution in [0.3, 0.4) is 0 Å². The number of hydrogen-bond acceptors (Lipinski definition) is 18. The maximum atomic E-state index is 11.0. The summed E-state index contributed by atoms with van der Waals surface area (Å²) >= 11 is 0. The lowest BCUT2D eigenvalue weighted by Crippen LogP contribution is -2.65. The van der Waals surface area contributed by atoms with Gasteiger partial charge in [-0.2, -0.15) is 0 Å². The fraction of sp³-hybridized carbons (Fsp3) is 1.00. The van der Waals surface area contributed by atoms with Crippen LogP contribution in [-0.4, -0.2) is 213 Å². The molecule has 0 aromatic carbocycles. The van der Waals surface area contributed by atoms with Gasteiger partial charge in [0.05, 0.1) is 26.4 Å². The molecule has 18 atom stereocenters. The normalized spacial score (nSPS) is 45.9. The Balaban J connectivity index is 1.76. The summed E-state index contributed by atoms with van der Waals surface area (Å²) in [5, 5.41) is 141. The van der Waals surface area contributed by atoms with Gasteiger partial charge < -0.3 is 90.4 Å². The summed E-state index contributed by atoms with van der Waals surface area (Å²) in [6.45, 7) is -3.16. The summed E-state index contributed by atoms with van der Waals surface area (Å²) in [4.78, 5) is 0. The van der Waals surface area contributed by atoms with Crippen LogP contribution < -0.4 is 0 Å². The molecule has 0 spiro atoms. The Morgan fingerprint density at radius 2 is 1.26 bits per heavy atom. The Labute approximate surface area is 242 Å². The number of ether oxygens (including phenoxy) is 4. The number of rotatable bonds is 13. The lowest BCUT2D eigenvalue weighted by Gasteiger charge is -2.46. The van der Waals surface area contributed by atoms with Gasteiger partial charge in [0.2, 0.25) is 0 Å². The molecular formula is C23H43O18S+. The molecule has 1 unspecified atom stereocenters. The van der Waals surface area contributed by atoms with Crippen LogP contribution in [0.5, 0.6) is 0 Å². The quantitative estimate of drug-likeness (QED) is 0.0832. The van der Waals surface area contributed by atoms with Crippen LogP contribution in [0.1, 0.15) is 0 Å². The van der Waals surface area contributed by atoms with E-state index in [-0.39, 0.29) is 11.5 Å². The molecule has 3 heterocycles. The third kappa shape index (κ3) is 7.70. The minimum Gasteiger partial charge on any atom is -0.394 e. The molecule has 0 radical (unpaired) electrons. The largest absolute Gasteiger partial charge is 0.394 e. The molecule has 18 nitrogen and oxygen atoms in total. The summed E-state index contributed by atoms with van der Waals surface area (Å²) in [5.74, 6) is -0.267. The van der Waals surface area contributed by atoms with Crippen LogP contribution in [0.15, 0.2) is 0 Å². The van der Waals surface area contributed by atoms with Crippen LogP contribution in [0.4, 0.5) is 0 Å². The molecule has 0 bridgehead atoms. The van der Waals surface area contributed by atoms with Gasteiger partial charge in [-0.25, -0.2) is 0 Å². The second kappa shape index (κ2) is 15.8. The minimum atomic E-state index is -2.03. The molecule has 0 saturated carbocycles. The highest BCUT2D eigenvalue weighted by atomic mass is 32.2. The molecule has 42 heavy (non-hydrogen) atoms. The number of aliphatic hydroxyl groups excluding tert-OH is 14. The van der Waals surface area contributed by atoms with Crippen molar-refractivity contribution < 1.29 is 90.4 Å². The third-order valence-corrected chi connectivity index (χ3v) is 10.5. The average molecular weight is 640 g/mol. The van der Waals surface area contributed by atoms with Gasteiger partial charge in [0.25, 0.3) is 0 Å². The van der Waals surface area contributed by atoms with Crippen molar-refractivity contribution in [1.82, 2.24) is 0 Å². The first-order valence-electron chi connectivity index (χ1n) is 13.3. The zero-order valence-electron chi connectivity index (χ0n) is 22.4. The van der Waals surface area contributed by atoms with Crippen molar-refractivity contribution in [3.63, 3.8) is 0 Å². The highest BCUT2D eigenvalue weighted by Gasteiger charge is 2.54. The van der Waals surface area contributed by atoms with Gasteiger partial charge in [0.15, 0.2) is 17.8 Å². The van der Waals surface area contributed by atoms with Crippen molar-refractivity contribution in [2.24, 2.45) is 0 Å². The van der Waals surface area contributed by atoms with E-state index in [2.05, 4.69) is 0 Å². The van der Waals surface area contributed by atoms with Crippen molar-refractivity contribution in [2.75, 3.05) is 37.9 Å². The van der Waals surface area contributed by atoms with Crippen LogP contribution >= 0.6 is 0 Å². The summed E-state index contributed by atoms with van der Waals surface area (Å²) in [6, 6.07) is 0. The first-order valence-corrected chi connectivity index (χ1v) is 15.0. The first kappa shape index (κ1) is 36.1. The van der Waals surface area contributed by atoms with E-state index in [1.807, 2.05) is 0 Å². The zero-order valence-corrected chi connectivity index (χ0v) is 23.2. The fourth-order valence-electron chi connectivity index (χ4n) is 5.15. The van der Waals surface area contributed by atoms with Gasteiger partial charge in [-0.3, -0.25) is 0 Å². The number of hydrogen-bond donors (Lipinski definition) is 14. The van der Waals surface area contributed by atoms with Crippen LogP contribution in [0.2, 0.25) is 0 Å².